The van der Waals surface area contributed by atoms with Crippen molar-refractivity contribution in [3.05, 3.63) is 28.8 Å². The summed E-state index contributed by atoms with van der Waals surface area (Å²) in [7, 11) is 0. The van der Waals surface area contributed by atoms with E-state index in [1.54, 1.807) is 0 Å². The number of rotatable bonds is 4. The molecule has 0 aromatic heterocycles. The van der Waals surface area contributed by atoms with Crippen LogP contribution in [0.5, 0.6) is 0 Å². The Morgan fingerprint density at radius 3 is 2.71 bits per heavy atom. The zero-order valence-electron chi connectivity index (χ0n) is 12.2. The van der Waals surface area contributed by atoms with Gasteiger partial charge in [0.1, 0.15) is 5.54 Å². The molecule has 1 aromatic carbocycles. The molecule has 1 fully saturated rings. The lowest BCUT2D eigenvalue weighted by Gasteiger charge is -2.31. The Morgan fingerprint density at radius 1 is 1.38 bits per heavy atom. The minimum absolute atomic E-state index is 0.117. The third-order valence-electron chi connectivity index (χ3n) is 3.86. The molecular formula is C16H20ClN3O. The van der Waals surface area contributed by atoms with Crippen LogP contribution in [-0.2, 0) is 4.79 Å². The van der Waals surface area contributed by atoms with E-state index in [1.165, 1.54) is 0 Å². The average Bonchev–Trinajstić information content (AvgIpc) is 2.47. The third-order valence-corrected chi connectivity index (χ3v) is 4.18. The van der Waals surface area contributed by atoms with E-state index in [9.17, 15) is 10.1 Å². The van der Waals surface area contributed by atoms with Gasteiger partial charge in [0.2, 0.25) is 5.91 Å². The van der Waals surface area contributed by atoms with Crippen LogP contribution >= 0.6 is 11.6 Å². The van der Waals surface area contributed by atoms with E-state index < -0.39 is 5.54 Å². The summed E-state index contributed by atoms with van der Waals surface area (Å²) in [5, 5.41) is 15.8. The summed E-state index contributed by atoms with van der Waals surface area (Å²) in [5.41, 5.74) is 1.11. The molecule has 4 nitrogen and oxygen atoms in total. The first kappa shape index (κ1) is 15.7. The van der Waals surface area contributed by atoms with Crippen molar-refractivity contribution in [1.82, 2.24) is 5.32 Å². The topological polar surface area (TPSA) is 64.9 Å². The van der Waals surface area contributed by atoms with Crippen LogP contribution in [0.4, 0.5) is 5.69 Å². The summed E-state index contributed by atoms with van der Waals surface area (Å²) in [4.78, 5) is 12.1. The molecule has 1 aliphatic carbocycles. The van der Waals surface area contributed by atoms with Gasteiger partial charge in [-0.25, -0.2) is 0 Å². The molecule has 112 valence electrons. The zero-order chi connectivity index (χ0) is 15.3. The number of hydrogen-bond donors (Lipinski definition) is 2. The summed E-state index contributed by atoms with van der Waals surface area (Å²) in [6, 6.07) is 7.91. The molecule has 0 heterocycles. The van der Waals surface area contributed by atoms with Gasteiger partial charge >= 0.3 is 0 Å². The molecule has 1 amide bonds. The summed E-state index contributed by atoms with van der Waals surface area (Å²) >= 11 is 6.11. The highest BCUT2D eigenvalue weighted by Crippen LogP contribution is 2.27. The van der Waals surface area contributed by atoms with Crippen molar-refractivity contribution in [3.63, 3.8) is 0 Å². The number of hydrogen-bond acceptors (Lipinski definition) is 3. The molecule has 1 saturated carbocycles. The number of aryl methyl sites for hydroxylation is 1. The number of carbonyl (C=O) groups is 1. The highest BCUT2D eigenvalue weighted by atomic mass is 35.5. The molecule has 5 heteroatoms. The van der Waals surface area contributed by atoms with Gasteiger partial charge in [-0.05, 0) is 37.5 Å². The van der Waals surface area contributed by atoms with Crippen LogP contribution in [0.25, 0.3) is 0 Å². The predicted molar refractivity (Wildman–Crippen MR) is 84.3 cm³/mol. The van der Waals surface area contributed by atoms with Crippen LogP contribution < -0.4 is 10.6 Å². The molecule has 0 unspecified atom stereocenters. The Labute approximate surface area is 130 Å². The van der Waals surface area contributed by atoms with Gasteiger partial charge in [-0.3, -0.25) is 4.79 Å². The Morgan fingerprint density at radius 2 is 2.10 bits per heavy atom. The number of anilines is 1. The maximum atomic E-state index is 12.1. The first-order chi connectivity index (χ1) is 10.0. The maximum Gasteiger partial charge on any atom is 0.240 e. The molecule has 0 atom stereocenters. The van der Waals surface area contributed by atoms with Crippen LogP contribution in [0.15, 0.2) is 18.2 Å². The SMILES string of the molecule is Cc1ccc(NCC(=O)NC2(C#N)CCCCC2)c(Cl)c1. The first-order valence-electron chi connectivity index (χ1n) is 7.27. The summed E-state index contributed by atoms with van der Waals surface area (Å²) in [5.74, 6) is -0.171. The van der Waals surface area contributed by atoms with Gasteiger partial charge in [0.15, 0.2) is 0 Å². The van der Waals surface area contributed by atoms with Crippen LogP contribution in [0.1, 0.15) is 37.7 Å². The molecule has 0 spiro atoms. The lowest BCUT2D eigenvalue weighted by atomic mass is 9.83. The number of nitrogens with zero attached hydrogens (tertiary/aromatic N) is 1. The normalized spacial score (nSPS) is 16.8. The quantitative estimate of drug-likeness (QED) is 0.896. The van der Waals surface area contributed by atoms with Gasteiger partial charge in [-0.1, -0.05) is 36.9 Å². The van der Waals surface area contributed by atoms with E-state index in [0.717, 1.165) is 43.4 Å². The molecule has 0 saturated heterocycles. The van der Waals surface area contributed by atoms with Crippen LogP contribution in [0.2, 0.25) is 5.02 Å². The highest BCUT2D eigenvalue weighted by molar-refractivity contribution is 6.33. The zero-order valence-corrected chi connectivity index (χ0v) is 13.0. The second-order valence-electron chi connectivity index (χ2n) is 5.64. The van der Waals surface area contributed by atoms with E-state index in [2.05, 4.69) is 16.7 Å². The van der Waals surface area contributed by atoms with Gasteiger partial charge in [-0.15, -0.1) is 0 Å². The molecule has 2 N–H and O–H groups in total. The summed E-state index contributed by atoms with van der Waals surface area (Å²) < 4.78 is 0. The second kappa shape index (κ2) is 6.82. The van der Waals surface area contributed by atoms with Gasteiger partial charge < -0.3 is 10.6 Å². The number of halogens is 1. The fraction of sp³-hybridized carbons (Fsp3) is 0.500. The Balaban J connectivity index is 1.91. The molecule has 0 aliphatic heterocycles. The standard InChI is InChI=1S/C16H20ClN3O/c1-12-5-6-14(13(17)9-12)19-10-15(21)20-16(11-18)7-3-2-4-8-16/h5-6,9,19H,2-4,7-8,10H2,1H3,(H,20,21). The number of amides is 1. The number of nitriles is 1. The Bertz CT molecular complexity index is 559. The fourth-order valence-corrected chi connectivity index (χ4v) is 2.97. The van der Waals surface area contributed by atoms with E-state index in [1.807, 2.05) is 25.1 Å². The molecule has 0 bridgehead atoms. The van der Waals surface area contributed by atoms with E-state index in [0.29, 0.717) is 5.02 Å². The number of benzene rings is 1. The maximum absolute atomic E-state index is 12.1. The van der Waals surface area contributed by atoms with Crippen molar-refractivity contribution in [2.75, 3.05) is 11.9 Å². The van der Waals surface area contributed by atoms with Gasteiger partial charge in [-0.2, -0.15) is 5.26 Å². The minimum Gasteiger partial charge on any atom is -0.375 e. The summed E-state index contributed by atoms with van der Waals surface area (Å²) in [6.07, 6.45) is 4.59. The van der Waals surface area contributed by atoms with Crippen molar-refractivity contribution < 1.29 is 4.79 Å². The van der Waals surface area contributed by atoms with Gasteiger partial charge in [0.25, 0.3) is 0 Å². The van der Waals surface area contributed by atoms with E-state index in [4.69, 9.17) is 11.6 Å². The van der Waals surface area contributed by atoms with E-state index in [-0.39, 0.29) is 12.5 Å². The van der Waals surface area contributed by atoms with Crippen molar-refractivity contribution in [2.45, 2.75) is 44.6 Å². The average molecular weight is 306 g/mol. The molecule has 1 aliphatic rings. The largest absolute Gasteiger partial charge is 0.375 e. The molecule has 1 aromatic rings. The lowest BCUT2D eigenvalue weighted by Crippen LogP contribution is -2.50. The number of nitrogens with one attached hydrogen (secondary N) is 2. The Kier molecular flexibility index (Phi) is 5.08. The highest BCUT2D eigenvalue weighted by Gasteiger charge is 2.33. The first-order valence-corrected chi connectivity index (χ1v) is 7.65. The van der Waals surface area contributed by atoms with Gasteiger partial charge in [0, 0.05) is 0 Å². The molecule has 21 heavy (non-hydrogen) atoms. The van der Waals surface area contributed by atoms with Crippen molar-refractivity contribution in [3.8, 4) is 6.07 Å². The van der Waals surface area contributed by atoms with Crippen molar-refractivity contribution >= 4 is 23.2 Å². The van der Waals surface area contributed by atoms with Crippen LogP contribution in [-0.4, -0.2) is 18.0 Å². The van der Waals surface area contributed by atoms with Crippen LogP contribution in [0.3, 0.4) is 0 Å². The molecule has 0 radical (unpaired) electrons. The van der Waals surface area contributed by atoms with Crippen LogP contribution in [0, 0.1) is 18.3 Å². The minimum atomic E-state index is -0.686. The fourth-order valence-electron chi connectivity index (χ4n) is 2.67. The molecular weight excluding hydrogens is 286 g/mol. The van der Waals surface area contributed by atoms with Gasteiger partial charge in [0.05, 0.1) is 23.3 Å². The monoisotopic (exact) mass is 305 g/mol. The second-order valence-corrected chi connectivity index (χ2v) is 6.05. The van der Waals surface area contributed by atoms with Crippen molar-refractivity contribution in [1.29, 1.82) is 5.26 Å². The van der Waals surface area contributed by atoms with Crippen molar-refractivity contribution in [2.24, 2.45) is 0 Å². The summed E-state index contributed by atoms with van der Waals surface area (Å²) in [6.45, 7) is 2.08. The smallest absolute Gasteiger partial charge is 0.240 e. The Hall–Kier alpha value is -1.73. The number of carbonyl (C=O) groups excluding carboxylic acids is 1. The van der Waals surface area contributed by atoms with E-state index >= 15 is 0 Å². The molecule has 2 rings (SSSR count). The third kappa shape index (κ3) is 4.12. The lowest BCUT2D eigenvalue weighted by molar-refractivity contribution is -0.121. The predicted octanol–water partition coefficient (Wildman–Crippen LogP) is 3.40.